The van der Waals surface area contributed by atoms with Gasteiger partial charge in [-0.15, -0.1) is 5.10 Å². The number of H-pyrrole nitrogens is 1. The second-order valence-corrected chi connectivity index (χ2v) is 8.46. The molecule has 4 heterocycles. The van der Waals surface area contributed by atoms with Crippen LogP contribution in [0.2, 0.25) is 0 Å². The van der Waals surface area contributed by atoms with E-state index < -0.39 is 5.60 Å². The Morgan fingerprint density at radius 1 is 1.30 bits per heavy atom. The van der Waals surface area contributed by atoms with Gasteiger partial charge >= 0.3 is 0 Å². The molecular formula is C21H29N7O2. The topological polar surface area (TPSA) is 118 Å². The van der Waals surface area contributed by atoms with Gasteiger partial charge in [-0.3, -0.25) is 5.10 Å². The van der Waals surface area contributed by atoms with E-state index in [1.54, 1.807) is 10.9 Å². The number of anilines is 2. The van der Waals surface area contributed by atoms with Crippen molar-refractivity contribution in [3.63, 3.8) is 0 Å². The molecule has 160 valence electrons. The Labute approximate surface area is 175 Å². The summed E-state index contributed by atoms with van der Waals surface area (Å²) in [4.78, 5) is 7.23. The molecule has 0 spiro atoms. The fourth-order valence-corrected chi connectivity index (χ4v) is 4.79. The van der Waals surface area contributed by atoms with Crippen molar-refractivity contribution in [3.8, 4) is 5.82 Å². The molecule has 2 aliphatic rings. The molecule has 30 heavy (non-hydrogen) atoms. The van der Waals surface area contributed by atoms with Crippen LogP contribution in [-0.4, -0.2) is 62.0 Å². The molecule has 0 radical (unpaired) electrons. The predicted octanol–water partition coefficient (Wildman–Crippen LogP) is 2.36. The van der Waals surface area contributed by atoms with Crippen molar-refractivity contribution in [2.75, 3.05) is 36.9 Å². The first-order valence-electron chi connectivity index (χ1n) is 10.8. The van der Waals surface area contributed by atoms with Crippen molar-refractivity contribution in [3.05, 3.63) is 23.9 Å². The van der Waals surface area contributed by atoms with E-state index in [2.05, 4.69) is 33.2 Å². The maximum absolute atomic E-state index is 10.7. The lowest BCUT2D eigenvalue weighted by Gasteiger charge is -2.36. The number of morpholine rings is 1. The van der Waals surface area contributed by atoms with Crippen LogP contribution in [0.3, 0.4) is 0 Å². The number of hydrogen-bond acceptors (Lipinski definition) is 7. The van der Waals surface area contributed by atoms with E-state index in [9.17, 15) is 5.11 Å². The minimum atomic E-state index is -0.540. The maximum Gasteiger partial charge on any atom is 0.169 e. The Balaban J connectivity index is 1.63. The van der Waals surface area contributed by atoms with Crippen molar-refractivity contribution < 1.29 is 9.84 Å². The Bertz CT molecular complexity index is 1020. The third-order valence-corrected chi connectivity index (χ3v) is 6.75. The fraction of sp³-hybridized carbons (Fsp3) is 0.571. The third kappa shape index (κ3) is 3.31. The lowest BCUT2D eigenvalue weighted by molar-refractivity contribution is -0.00408. The summed E-state index contributed by atoms with van der Waals surface area (Å²) in [6.45, 7) is 5.08. The summed E-state index contributed by atoms with van der Waals surface area (Å²) < 4.78 is 7.28. The highest BCUT2D eigenvalue weighted by Crippen LogP contribution is 2.43. The van der Waals surface area contributed by atoms with E-state index in [0.717, 1.165) is 67.9 Å². The van der Waals surface area contributed by atoms with Crippen molar-refractivity contribution in [1.82, 2.24) is 25.0 Å². The molecule has 0 aromatic carbocycles. The molecule has 0 amide bonds. The second-order valence-electron chi connectivity index (χ2n) is 8.46. The van der Waals surface area contributed by atoms with E-state index in [-0.39, 0.29) is 0 Å². The summed E-state index contributed by atoms with van der Waals surface area (Å²) >= 11 is 0. The molecule has 1 saturated heterocycles. The smallest absolute Gasteiger partial charge is 0.169 e. The zero-order valence-electron chi connectivity index (χ0n) is 17.3. The van der Waals surface area contributed by atoms with Crippen LogP contribution in [0.5, 0.6) is 0 Å². The fourth-order valence-electron chi connectivity index (χ4n) is 4.79. The van der Waals surface area contributed by atoms with E-state index in [1.807, 2.05) is 6.07 Å². The number of pyridine rings is 1. The first-order chi connectivity index (χ1) is 14.6. The van der Waals surface area contributed by atoms with Gasteiger partial charge in [0, 0.05) is 19.2 Å². The van der Waals surface area contributed by atoms with Crippen LogP contribution in [0.1, 0.15) is 50.5 Å². The van der Waals surface area contributed by atoms with Gasteiger partial charge in [0.1, 0.15) is 5.82 Å². The van der Waals surface area contributed by atoms with E-state index in [0.29, 0.717) is 24.9 Å². The van der Waals surface area contributed by atoms with Gasteiger partial charge in [-0.2, -0.15) is 9.78 Å². The lowest BCUT2D eigenvalue weighted by atomic mass is 9.74. The molecule has 3 aromatic rings. The van der Waals surface area contributed by atoms with Crippen LogP contribution < -0.4 is 10.6 Å². The molecule has 0 atom stereocenters. The van der Waals surface area contributed by atoms with E-state index in [1.165, 1.54) is 5.56 Å². The maximum atomic E-state index is 10.7. The minimum absolute atomic E-state index is 0.323. The van der Waals surface area contributed by atoms with Gasteiger partial charge in [-0.05, 0) is 49.7 Å². The number of nitrogens with zero attached hydrogens (tertiary/aromatic N) is 5. The largest absolute Gasteiger partial charge is 0.390 e. The van der Waals surface area contributed by atoms with Crippen molar-refractivity contribution >= 4 is 22.7 Å². The zero-order chi connectivity index (χ0) is 20.7. The van der Waals surface area contributed by atoms with Gasteiger partial charge in [-0.1, -0.05) is 6.92 Å². The molecule has 3 aromatic heterocycles. The Kier molecular flexibility index (Phi) is 4.86. The molecule has 9 nitrogen and oxygen atoms in total. The highest BCUT2D eigenvalue weighted by molar-refractivity contribution is 5.92. The van der Waals surface area contributed by atoms with E-state index >= 15 is 0 Å². The normalized spacial score (nSPS) is 25.1. The zero-order valence-corrected chi connectivity index (χ0v) is 17.3. The summed E-state index contributed by atoms with van der Waals surface area (Å²) in [6.07, 6.45) is 5.96. The van der Waals surface area contributed by atoms with Crippen LogP contribution in [-0.2, 0) is 4.74 Å². The standard InChI is InChI=1S/C21H29N7O2/c1-2-21(29)6-3-14(4-7-21)15-13-17(27-9-11-30-12-10-27)24-20-18(15)19(22)26-28(20)16-5-8-23-25-16/h5,8,13-14,29H,2-4,6-7,9-12H2,1H3,(H2,22,26)(H,23,25). The van der Waals surface area contributed by atoms with Gasteiger partial charge in [0.15, 0.2) is 17.3 Å². The molecule has 2 fully saturated rings. The summed E-state index contributed by atoms with van der Waals surface area (Å²) in [7, 11) is 0. The molecule has 9 heteroatoms. The molecule has 5 rings (SSSR count). The number of ether oxygens (including phenoxy) is 1. The number of nitrogens with one attached hydrogen (secondary N) is 1. The molecular weight excluding hydrogens is 382 g/mol. The number of rotatable bonds is 4. The van der Waals surface area contributed by atoms with Crippen LogP contribution in [0.4, 0.5) is 11.6 Å². The number of nitrogens with two attached hydrogens (primary N) is 1. The summed E-state index contributed by atoms with van der Waals surface area (Å²) in [6, 6.07) is 4.04. The highest BCUT2D eigenvalue weighted by Gasteiger charge is 2.34. The summed E-state index contributed by atoms with van der Waals surface area (Å²) in [5.41, 5.74) is 7.79. The Hall–Kier alpha value is -2.65. The minimum Gasteiger partial charge on any atom is -0.390 e. The Morgan fingerprint density at radius 3 is 2.73 bits per heavy atom. The Morgan fingerprint density at radius 2 is 2.07 bits per heavy atom. The predicted molar refractivity (Wildman–Crippen MR) is 115 cm³/mol. The molecule has 1 aliphatic heterocycles. The highest BCUT2D eigenvalue weighted by atomic mass is 16.5. The molecule has 4 N–H and O–H groups in total. The number of aromatic amines is 1. The first kappa shape index (κ1) is 19.3. The number of aliphatic hydroxyl groups is 1. The third-order valence-electron chi connectivity index (χ3n) is 6.75. The molecule has 1 saturated carbocycles. The van der Waals surface area contributed by atoms with Crippen molar-refractivity contribution in [1.29, 1.82) is 0 Å². The van der Waals surface area contributed by atoms with Gasteiger partial charge in [0.2, 0.25) is 0 Å². The molecule has 0 unspecified atom stereocenters. The monoisotopic (exact) mass is 411 g/mol. The lowest BCUT2D eigenvalue weighted by Crippen LogP contribution is -2.37. The van der Waals surface area contributed by atoms with Crippen LogP contribution in [0.25, 0.3) is 16.9 Å². The number of hydrogen-bond donors (Lipinski definition) is 3. The number of aromatic nitrogens is 5. The summed E-state index contributed by atoms with van der Waals surface area (Å²) in [5, 5.41) is 23.2. The van der Waals surface area contributed by atoms with Crippen molar-refractivity contribution in [2.24, 2.45) is 0 Å². The first-order valence-corrected chi connectivity index (χ1v) is 10.8. The van der Waals surface area contributed by atoms with Gasteiger partial charge in [-0.25, -0.2) is 4.98 Å². The van der Waals surface area contributed by atoms with Gasteiger partial charge in [0.25, 0.3) is 0 Å². The van der Waals surface area contributed by atoms with Gasteiger partial charge in [0.05, 0.1) is 30.4 Å². The quantitative estimate of drug-likeness (QED) is 0.603. The van der Waals surface area contributed by atoms with Crippen LogP contribution >= 0.6 is 0 Å². The van der Waals surface area contributed by atoms with Crippen molar-refractivity contribution in [2.45, 2.75) is 50.5 Å². The second kappa shape index (κ2) is 7.55. The average Bonchev–Trinajstić information content (AvgIpc) is 3.43. The molecule has 1 aliphatic carbocycles. The van der Waals surface area contributed by atoms with Gasteiger partial charge < -0.3 is 20.5 Å². The number of fused-ring (bicyclic) bond motifs is 1. The summed E-state index contributed by atoms with van der Waals surface area (Å²) in [5.74, 6) is 2.46. The number of nitrogen functional groups attached to an aromatic ring is 1. The van der Waals surface area contributed by atoms with Crippen LogP contribution in [0.15, 0.2) is 18.3 Å². The average molecular weight is 412 g/mol. The van der Waals surface area contributed by atoms with Crippen LogP contribution in [0, 0.1) is 0 Å². The SMILES string of the molecule is CCC1(O)CCC(c2cc(N3CCOCC3)nc3c2c(N)nn3-c2ccn[nH]2)CC1. The molecule has 0 bridgehead atoms. The van der Waals surface area contributed by atoms with E-state index in [4.69, 9.17) is 15.5 Å².